The third-order valence-electron chi connectivity index (χ3n) is 5.84. The van der Waals surface area contributed by atoms with Crippen LogP contribution in [0.4, 0.5) is 18.9 Å². The van der Waals surface area contributed by atoms with Crippen LogP contribution in [0.2, 0.25) is 0 Å². The Morgan fingerprint density at radius 1 is 1.00 bits per heavy atom. The Hall–Kier alpha value is -4.18. The van der Waals surface area contributed by atoms with Crippen LogP contribution >= 0.6 is 0 Å². The maximum atomic E-state index is 13.4. The third-order valence-corrected chi connectivity index (χ3v) is 5.84. The highest BCUT2D eigenvalue weighted by atomic mass is 19.4. The zero-order valence-electron chi connectivity index (χ0n) is 19.2. The minimum Gasteiger partial charge on any atom is -0.497 e. The first-order chi connectivity index (χ1) is 17.0. The van der Waals surface area contributed by atoms with Crippen molar-refractivity contribution in [3.63, 3.8) is 0 Å². The molecule has 0 radical (unpaired) electrons. The number of alkyl halides is 3. The minimum absolute atomic E-state index is 0.0249. The zero-order chi connectivity index (χ0) is 26.1. The molecule has 0 spiro atoms. The summed E-state index contributed by atoms with van der Waals surface area (Å²) in [6.07, 6.45) is -4.80. The number of methoxy groups -OCH3 is 1. The maximum absolute atomic E-state index is 13.4. The van der Waals surface area contributed by atoms with Crippen LogP contribution in [-0.2, 0) is 23.0 Å². The van der Waals surface area contributed by atoms with Crippen molar-refractivity contribution in [2.24, 2.45) is 0 Å². The molecule has 36 heavy (non-hydrogen) atoms. The number of nitrogens with one attached hydrogen (secondary N) is 1. The number of ether oxygens (including phenoxy) is 1. The molecule has 2 N–H and O–H groups in total. The number of hydrogen-bond donors (Lipinski definition) is 2. The molecule has 7 nitrogen and oxygen atoms in total. The Morgan fingerprint density at radius 2 is 1.64 bits per heavy atom. The van der Waals surface area contributed by atoms with Crippen molar-refractivity contribution >= 4 is 22.4 Å². The van der Waals surface area contributed by atoms with Gasteiger partial charge >= 0.3 is 11.8 Å². The normalized spacial score (nSPS) is 13.3. The highest BCUT2D eigenvalue weighted by Gasteiger charge is 2.39. The Balaban J connectivity index is 1.72. The van der Waals surface area contributed by atoms with E-state index in [4.69, 9.17) is 9.26 Å². The number of rotatable bonds is 6. The number of aryl methyl sites for hydroxylation is 1. The number of hydrogen-bond acceptors (Lipinski definition) is 6. The summed E-state index contributed by atoms with van der Waals surface area (Å²) in [7, 11) is 1.49. The van der Waals surface area contributed by atoms with Crippen LogP contribution in [0.25, 0.3) is 10.8 Å². The van der Waals surface area contributed by atoms with Crippen LogP contribution in [0, 0.1) is 6.92 Å². The average molecular weight is 498 g/mol. The van der Waals surface area contributed by atoms with Crippen molar-refractivity contribution in [3.8, 4) is 5.75 Å². The molecule has 0 aliphatic heterocycles. The van der Waals surface area contributed by atoms with Gasteiger partial charge in [0.05, 0.1) is 23.8 Å². The molecule has 0 fully saturated rings. The summed E-state index contributed by atoms with van der Waals surface area (Å²) in [5.74, 6) is -0.308. The lowest BCUT2D eigenvalue weighted by molar-refractivity contribution is -0.137. The predicted octanol–water partition coefficient (Wildman–Crippen LogP) is 4.59. The summed E-state index contributed by atoms with van der Waals surface area (Å²) in [5, 5.41) is 18.6. The number of carbonyl (C=O) groups excluding carboxylic acids is 1. The van der Waals surface area contributed by atoms with Crippen molar-refractivity contribution in [2.75, 3.05) is 12.4 Å². The summed E-state index contributed by atoms with van der Waals surface area (Å²) >= 11 is 0. The van der Waals surface area contributed by atoms with Gasteiger partial charge in [-0.05, 0) is 60.5 Å². The van der Waals surface area contributed by atoms with Gasteiger partial charge in [0, 0.05) is 17.5 Å². The second-order valence-corrected chi connectivity index (χ2v) is 8.23. The van der Waals surface area contributed by atoms with E-state index in [1.165, 1.54) is 25.3 Å². The number of anilines is 1. The summed E-state index contributed by atoms with van der Waals surface area (Å²) in [5.41, 5.74) is -2.59. The highest BCUT2D eigenvalue weighted by molar-refractivity contribution is 6.00. The first-order valence-corrected chi connectivity index (χ1v) is 10.8. The fourth-order valence-corrected chi connectivity index (χ4v) is 3.83. The van der Waals surface area contributed by atoms with E-state index < -0.39 is 28.9 Å². The predicted molar refractivity (Wildman–Crippen MR) is 126 cm³/mol. The number of carbonyl (C=O) groups is 1. The molecule has 0 aliphatic carbocycles. The van der Waals surface area contributed by atoms with Gasteiger partial charge in [-0.3, -0.25) is 4.79 Å². The average Bonchev–Trinajstić information content (AvgIpc) is 2.86. The summed E-state index contributed by atoms with van der Waals surface area (Å²) in [6, 6.07) is 14.8. The Kier molecular flexibility index (Phi) is 6.55. The molecule has 1 unspecified atom stereocenters. The lowest BCUT2D eigenvalue weighted by atomic mass is 9.85. The molecule has 4 aromatic rings. The van der Waals surface area contributed by atoms with Crippen LogP contribution in [0.5, 0.6) is 5.75 Å². The molecule has 186 valence electrons. The smallest absolute Gasteiger partial charge is 0.416 e. The molecule has 1 amide bonds. The van der Waals surface area contributed by atoms with Gasteiger partial charge in [-0.25, -0.2) is 4.79 Å². The molecular formula is C26H21F3N2O5. The SMILES string of the molecule is COc1ccc(CC(O)(C(=O)Nc2ccc3c(=O)onc(C)c3c2)c2ccc(C(F)(F)F)cc2)cc1. The molecule has 0 aliphatic rings. The first kappa shape index (κ1) is 24.9. The van der Waals surface area contributed by atoms with E-state index in [9.17, 15) is 27.9 Å². The summed E-state index contributed by atoms with van der Waals surface area (Å²) in [4.78, 5) is 25.3. The second-order valence-electron chi connectivity index (χ2n) is 8.23. The molecule has 1 heterocycles. The molecule has 0 bridgehead atoms. The lowest BCUT2D eigenvalue weighted by Crippen LogP contribution is -2.42. The van der Waals surface area contributed by atoms with E-state index in [1.54, 1.807) is 31.2 Å². The Labute approximate surface area is 203 Å². The number of fused-ring (bicyclic) bond motifs is 1. The molecule has 4 rings (SSSR count). The van der Waals surface area contributed by atoms with E-state index in [-0.39, 0.29) is 23.1 Å². The van der Waals surface area contributed by atoms with E-state index in [0.29, 0.717) is 22.4 Å². The molecule has 10 heteroatoms. The Bertz CT molecular complexity index is 1460. The van der Waals surface area contributed by atoms with Crippen LogP contribution in [-0.4, -0.2) is 23.3 Å². The largest absolute Gasteiger partial charge is 0.497 e. The standard InChI is InChI=1S/C26H21F3N2O5/c1-15-22-13-19(9-12-21(22)23(32)36-31-15)30-24(33)25(34,14-16-3-10-20(35-2)11-4-16)17-5-7-18(8-6-17)26(27,28)29/h3-13,34H,14H2,1-2H3,(H,30,33). The molecule has 1 aromatic heterocycles. The van der Waals surface area contributed by atoms with Crippen molar-refractivity contribution < 1.29 is 32.3 Å². The van der Waals surface area contributed by atoms with Gasteiger partial charge in [-0.1, -0.05) is 29.4 Å². The fourth-order valence-electron chi connectivity index (χ4n) is 3.83. The number of aromatic nitrogens is 1. The summed E-state index contributed by atoms with van der Waals surface area (Å²) < 4.78 is 49.1. The number of amides is 1. The molecular weight excluding hydrogens is 477 g/mol. The summed E-state index contributed by atoms with van der Waals surface area (Å²) in [6.45, 7) is 1.62. The van der Waals surface area contributed by atoms with Crippen molar-refractivity contribution in [3.05, 3.63) is 99.5 Å². The molecule has 1 atom stereocenters. The van der Waals surface area contributed by atoms with Crippen molar-refractivity contribution in [1.82, 2.24) is 5.16 Å². The molecule has 3 aromatic carbocycles. The van der Waals surface area contributed by atoms with E-state index in [1.807, 2.05) is 0 Å². The zero-order valence-corrected chi connectivity index (χ0v) is 19.2. The molecule has 0 saturated heterocycles. The van der Waals surface area contributed by atoms with Gasteiger partial charge in [0.25, 0.3) is 5.91 Å². The monoisotopic (exact) mass is 498 g/mol. The van der Waals surface area contributed by atoms with E-state index in [0.717, 1.165) is 24.3 Å². The van der Waals surface area contributed by atoms with Gasteiger partial charge in [-0.15, -0.1) is 0 Å². The number of nitrogens with zero attached hydrogens (tertiary/aromatic N) is 1. The van der Waals surface area contributed by atoms with Gasteiger partial charge < -0.3 is 19.7 Å². The van der Waals surface area contributed by atoms with Crippen LogP contribution in [0.3, 0.4) is 0 Å². The molecule has 0 saturated carbocycles. The van der Waals surface area contributed by atoms with E-state index >= 15 is 0 Å². The quantitative estimate of drug-likeness (QED) is 0.403. The minimum atomic E-state index is -4.57. The number of benzene rings is 3. The van der Waals surface area contributed by atoms with Gasteiger partial charge in [0.1, 0.15) is 5.75 Å². The highest BCUT2D eigenvalue weighted by Crippen LogP contribution is 2.33. The maximum Gasteiger partial charge on any atom is 0.416 e. The second kappa shape index (κ2) is 9.46. The van der Waals surface area contributed by atoms with Crippen molar-refractivity contribution in [2.45, 2.75) is 25.1 Å². The number of halogens is 3. The topological polar surface area (TPSA) is 102 Å². The number of aliphatic hydroxyl groups is 1. The van der Waals surface area contributed by atoms with Crippen LogP contribution < -0.4 is 15.7 Å². The Morgan fingerprint density at radius 3 is 2.25 bits per heavy atom. The van der Waals surface area contributed by atoms with Gasteiger partial charge in [0.15, 0.2) is 5.60 Å². The first-order valence-electron chi connectivity index (χ1n) is 10.8. The third kappa shape index (κ3) is 4.94. The van der Waals surface area contributed by atoms with Crippen LogP contribution in [0.1, 0.15) is 22.4 Å². The lowest BCUT2D eigenvalue weighted by Gasteiger charge is -2.28. The van der Waals surface area contributed by atoms with Crippen LogP contribution in [0.15, 0.2) is 76.0 Å². The van der Waals surface area contributed by atoms with Crippen molar-refractivity contribution in [1.29, 1.82) is 0 Å². The van der Waals surface area contributed by atoms with Gasteiger partial charge in [-0.2, -0.15) is 13.2 Å². The van der Waals surface area contributed by atoms with E-state index in [2.05, 4.69) is 10.5 Å². The fraction of sp³-hybridized carbons (Fsp3) is 0.192. The van der Waals surface area contributed by atoms with Gasteiger partial charge in [0.2, 0.25) is 0 Å².